The molecule has 6 heteroatoms. The Balaban J connectivity index is 2.07. The largest absolute Gasteiger partial charge is 0.492 e. The van der Waals surface area contributed by atoms with Gasteiger partial charge in [0, 0.05) is 23.4 Å². The molecule has 0 amide bonds. The molecule has 0 spiro atoms. The molecule has 0 fully saturated rings. The maximum absolute atomic E-state index is 12.4. The van der Waals surface area contributed by atoms with Gasteiger partial charge < -0.3 is 9.57 Å². The number of hydrogen-bond donors (Lipinski definition) is 0. The fourth-order valence-corrected chi connectivity index (χ4v) is 2.86. The number of nitrogens with zero attached hydrogens (tertiary/aromatic N) is 1. The van der Waals surface area contributed by atoms with E-state index in [1.54, 1.807) is 17.4 Å². The van der Waals surface area contributed by atoms with Crippen molar-refractivity contribution in [3.05, 3.63) is 29.1 Å². The van der Waals surface area contributed by atoms with Gasteiger partial charge in [-0.05, 0) is 23.6 Å². The molecule has 0 N–H and O–H groups in total. The lowest BCUT2D eigenvalue weighted by Crippen LogP contribution is -2.15. The molecule has 1 aliphatic rings. The molecule has 2 aromatic rings. The van der Waals surface area contributed by atoms with E-state index in [1.807, 2.05) is 17.5 Å². The highest BCUT2D eigenvalue weighted by atomic mass is 32.1. The van der Waals surface area contributed by atoms with E-state index in [1.165, 1.54) is 6.92 Å². The maximum atomic E-state index is 12.4. The van der Waals surface area contributed by atoms with E-state index in [0.29, 0.717) is 24.3 Å². The van der Waals surface area contributed by atoms with Crippen molar-refractivity contribution in [1.29, 1.82) is 0 Å². The van der Waals surface area contributed by atoms with Gasteiger partial charge >= 0.3 is 5.97 Å². The quantitative estimate of drug-likeness (QED) is 0.598. The van der Waals surface area contributed by atoms with Gasteiger partial charge in [-0.15, -0.1) is 11.3 Å². The fourth-order valence-electron chi connectivity index (χ4n) is 2.08. The van der Waals surface area contributed by atoms with Crippen molar-refractivity contribution in [3.63, 3.8) is 0 Å². The van der Waals surface area contributed by atoms with E-state index >= 15 is 0 Å². The van der Waals surface area contributed by atoms with Gasteiger partial charge in [0.05, 0.1) is 12.2 Å². The number of benzene rings is 1. The molecule has 20 heavy (non-hydrogen) atoms. The van der Waals surface area contributed by atoms with Crippen molar-refractivity contribution < 1.29 is 19.2 Å². The molecule has 0 saturated carbocycles. The lowest BCUT2D eigenvalue weighted by atomic mass is 10.0. The molecule has 0 aliphatic carbocycles. The van der Waals surface area contributed by atoms with Gasteiger partial charge in [-0.25, -0.2) is 4.79 Å². The average molecular weight is 289 g/mol. The Morgan fingerprint density at radius 1 is 1.40 bits per heavy atom. The second-order valence-corrected chi connectivity index (χ2v) is 5.27. The van der Waals surface area contributed by atoms with Gasteiger partial charge in [-0.3, -0.25) is 4.79 Å². The number of carbonyl (C=O) groups excluding carboxylic acids is 2. The van der Waals surface area contributed by atoms with Crippen LogP contribution in [0.15, 0.2) is 28.7 Å². The number of carbonyl (C=O) groups is 2. The van der Waals surface area contributed by atoms with Gasteiger partial charge in [0.2, 0.25) is 5.78 Å². The Morgan fingerprint density at radius 3 is 3.05 bits per heavy atom. The Hall–Kier alpha value is -2.21. The van der Waals surface area contributed by atoms with Crippen LogP contribution in [-0.4, -0.2) is 24.1 Å². The van der Waals surface area contributed by atoms with Gasteiger partial charge in [0.25, 0.3) is 0 Å². The number of fused-ring (bicyclic) bond motifs is 3. The van der Waals surface area contributed by atoms with Gasteiger partial charge in [-0.2, -0.15) is 0 Å². The third-order valence-corrected chi connectivity index (χ3v) is 3.84. The maximum Gasteiger partial charge on any atom is 0.331 e. The first-order chi connectivity index (χ1) is 9.66. The zero-order valence-corrected chi connectivity index (χ0v) is 11.5. The Bertz CT molecular complexity index is 732. The Kier molecular flexibility index (Phi) is 3.23. The van der Waals surface area contributed by atoms with Crippen molar-refractivity contribution in [2.45, 2.75) is 13.3 Å². The molecule has 0 saturated heterocycles. The number of Topliss-reactive ketones (excluding diaryl/α,β-unsaturated/α-hetero) is 1. The van der Waals surface area contributed by atoms with E-state index < -0.39 is 5.97 Å². The summed E-state index contributed by atoms with van der Waals surface area (Å²) in [6, 6.07) is 5.54. The summed E-state index contributed by atoms with van der Waals surface area (Å²) in [5, 5.41) is 6.51. The molecule has 0 bridgehead atoms. The van der Waals surface area contributed by atoms with Crippen molar-refractivity contribution in [2.75, 3.05) is 6.61 Å². The standard InChI is InChI=1S/C14H11NO4S/c1-8(16)19-15-11-4-6-18-14-9-5-7-20-12(9)3-2-10(14)13(11)17/h2-3,5,7H,4,6H2,1H3/b15-11+. The van der Waals surface area contributed by atoms with Gasteiger partial charge in [0.1, 0.15) is 11.5 Å². The van der Waals surface area contributed by atoms with Crippen LogP contribution in [0.25, 0.3) is 10.1 Å². The van der Waals surface area contributed by atoms with Crippen molar-refractivity contribution in [3.8, 4) is 5.75 Å². The van der Waals surface area contributed by atoms with E-state index in [4.69, 9.17) is 4.74 Å². The third-order valence-electron chi connectivity index (χ3n) is 2.96. The van der Waals surface area contributed by atoms with Crippen LogP contribution >= 0.6 is 11.3 Å². The second kappa shape index (κ2) is 5.05. The molecule has 0 radical (unpaired) electrons. The minimum absolute atomic E-state index is 0.202. The average Bonchev–Trinajstić information content (AvgIpc) is 2.84. The first kappa shape index (κ1) is 12.8. The van der Waals surface area contributed by atoms with Crippen LogP contribution in [0.5, 0.6) is 5.75 Å². The lowest BCUT2D eigenvalue weighted by Gasteiger charge is -2.06. The summed E-state index contributed by atoms with van der Waals surface area (Å²) in [5.74, 6) is -0.224. The zero-order valence-electron chi connectivity index (χ0n) is 10.7. The normalized spacial score (nSPS) is 16.6. The van der Waals surface area contributed by atoms with Crippen molar-refractivity contribution in [2.24, 2.45) is 5.16 Å². The summed E-state index contributed by atoms with van der Waals surface area (Å²) in [5.41, 5.74) is 0.660. The lowest BCUT2D eigenvalue weighted by molar-refractivity contribution is -0.140. The molecular formula is C14H11NO4S. The number of oxime groups is 1. The number of thiophene rings is 1. The molecule has 1 aliphatic heterocycles. The number of rotatable bonds is 1. The first-order valence-corrected chi connectivity index (χ1v) is 6.97. The van der Waals surface area contributed by atoms with Crippen LogP contribution in [0.3, 0.4) is 0 Å². The fraction of sp³-hybridized carbons (Fsp3) is 0.214. The number of hydrogen-bond acceptors (Lipinski definition) is 6. The predicted molar refractivity (Wildman–Crippen MR) is 75.5 cm³/mol. The molecule has 1 aromatic carbocycles. The summed E-state index contributed by atoms with van der Waals surface area (Å²) in [6.07, 6.45) is 0.312. The molecule has 3 rings (SSSR count). The Labute approximate surface area is 118 Å². The van der Waals surface area contributed by atoms with E-state index in [9.17, 15) is 9.59 Å². The smallest absolute Gasteiger partial charge is 0.331 e. The first-order valence-electron chi connectivity index (χ1n) is 6.09. The monoisotopic (exact) mass is 289 g/mol. The zero-order chi connectivity index (χ0) is 14.1. The Morgan fingerprint density at radius 2 is 2.25 bits per heavy atom. The molecule has 0 atom stereocenters. The summed E-state index contributed by atoms with van der Waals surface area (Å²) in [7, 11) is 0. The minimum Gasteiger partial charge on any atom is -0.492 e. The predicted octanol–water partition coefficient (Wildman–Crippen LogP) is 2.79. The van der Waals surface area contributed by atoms with Crippen LogP contribution in [0, 0.1) is 0 Å². The van der Waals surface area contributed by atoms with E-state index in [2.05, 4.69) is 9.99 Å². The molecule has 5 nitrogen and oxygen atoms in total. The van der Waals surface area contributed by atoms with Crippen LogP contribution in [0.1, 0.15) is 23.7 Å². The second-order valence-electron chi connectivity index (χ2n) is 4.32. The van der Waals surface area contributed by atoms with Crippen LogP contribution in [-0.2, 0) is 9.63 Å². The van der Waals surface area contributed by atoms with Crippen LogP contribution in [0.2, 0.25) is 0 Å². The van der Waals surface area contributed by atoms with E-state index in [-0.39, 0.29) is 11.5 Å². The topological polar surface area (TPSA) is 65.0 Å². The third kappa shape index (κ3) is 2.18. The van der Waals surface area contributed by atoms with E-state index in [0.717, 1.165) is 10.1 Å². The minimum atomic E-state index is -0.552. The highest BCUT2D eigenvalue weighted by Gasteiger charge is 2.25. The van der Waals surface area contributed by atoms with Gasteiger partial charge in [-0.1, -0.05) is 5.16 Å². The molecule has 1 aromatic heterocycles. The molecule has 0 unspecified atom stereocenters. The molecule has 2 heterocycles. The number of ether oxygens (including phenoxy) is 1. The van der Waals surface area contributed by atoms with Crippen molar-refractivity contribution >= 4 is 38.9 Å². The van der Waals surface area contributed by atoms with Crippen LogP contribution in [0.4, 0.5) is 0 Å². The van der Waals surface area contributed by atoms with Crippen LogP contribution < -0.4 is 4.74 Å². The molecular weight excluding hydrogens is 278 g/mol. The van der Waals surface area contributed by atoms with Crippen molar-refractivity contribution in [1.82, 2.24) is 0 Å². The highest BCUT2D eigenvalue weighted by molar-refractivity contribution is 7.17. The summed E-state index contributed by atoms with van der Waals surface area (Å²) in [6.45, 7) is 1.57. The highest BCUT2D eigenvalue weighted by Crippen LogP contribution is 2.35. The summed E-state index contributed by atoms with van der Waals surface area (Å²) in [4.78, 5) is 27.8. The van der Waals surface area contributed by atoms with Gasteiger partial charge in [0.15, 0.2) is 0 Å². The number of ketones is 1. The molecule has 102 valence electrons. The SMILES string of the molecule is CC(=O)O/N=C1\CCOc2c(ccc3sccc23)C1=O. The summed E-state index contributed by atoms with van der Waals surface area (Å²) < 4.78 is 6.76. The summed E-state index contributed by atoms with van der Waals surface area (Å²) >= 11 is 1.59.